The molecule has 1 fully saturated rings. The van der Waals surface area contributed by atoms with Gasteiger partial charge in [0, 0.05) is 35.0 Å². The minimum Gasteiger partial charge on any atom is -0.491 e. The van der Waals surface area contributed by atoms with Crippen molar-refractivity contribution in [2.75, 3.05) is 6.61 Å². The lowest BCUT2D eigenvalue weighted by molar-refractivity contribution is 0.0868. The van der Waals surface area contributed by atoms with Crippen LogP contribution in [0.25, 0.3) is 10.6 Å². The van der Waals surface area contributed by atoms with E-state index >= 15 is 0 Å². The van der Waals surface area contributed by atoms with Crippen LogP contribution in [-0.2, 0) is 12.8 Å². The van der Waals surface area contributed by atoms with Gasteiger partial charge in [-0.15, -0.1) is 11.3 Å². The Bertz CT molecular complexity index is 1110. The molecule has 5 rings (SSSR count). The summed E-state index contributed by atoms with van der Waals surface area (Å²) in [6, 6.07) is 10.0. The van der Waals surface area contributed by atoms with Gasteiger partial charge < -0.3 is 15.2 Å². The van der Waals surface area contributed by atoms with Crippen molar-refractivity contribution in [1.82, 2.24) is 15.3 Å². The monoisotopic (exact) mass is 435 g/mol. The second-order valence-corrected chi connectivity index (χ2v) is 9.50. The van der Waals surface area contributed by atoms with Crippen molar-refractivity contribution in [3.05, 3.63) is 63.9 Å². The van der Waals surface area contributed by atoms with Crippen LogP contribution in [0, 0.1) is 6.92 Å². The molecule has 0 saturated heterocycles. The van der Waals surface area contributed by atoms with Crippen LogP contribution >= 0.6 is 11.3 Å². The second kappa shape index (κ2) is 8.40. The number of carbonyl (C=O) groups excluding carboxylic acids is 1. The summed E-state index contributed by atoms with van der Waals surface area (Å²) in [5.41, 5.74) is 4.45. The number of benzene rings is 1. The Morgan fingerprint density at radius 3 is 2.84 bits per heavy atom. The Balaban J connectivity index is 1.38. The average molecular weight is 436 g/mol. The van der Waals surface area contributed by atoms with Crippen LogP contribution in [0.1, 0.15) is 51.4 Å². The molecule has 0 unspecified atom stereocenters. The molecule has 1 saturated carbocycles. The molecule has 1 aliphatic heterocycles. The Labute approximate surface area is 185 Å². The van der Waals surface area contributed by atoms with Crippen LogP contribution < -0.4 is 10.1 Å². The number of pyridine rings is 1. The van der Waals surface area contributed by atoms with Gasteiger partial charge in [0.2, 0.25) is 0 Å². The maximum absolute atomic E-state index is 12.8. The highest BCUT2D eigenvalue weighted by atomic mass is 32.1. The van der Waals surface area contributed by atoms with E-state index < -0.39 is 6.10 Å². The SMILES string of the molecule is Cc1cnc(-c2ccc(Cc3cc(C(=O)N[C@H]4CCC[C@@H]4O)nc4c3OCC4)cc2)s1. The largest absolute Gasteiger partial charge is 0.491 e. The summed E-state index contributed by atoms with van der Waals surface area (Å²) < 4.78 is 5.84. The molecule has 1 aliphatic carbocycles. The first-order valence-electron chi connectivity index (χ1n) is 10.7. The first-order chi connectivity index (χ1) is 15.1. The fourth-order valence-corrected chi connectivity index (χ4v) is 5.08. The molecule has 6 nitrogen and oxygen atoms in total. The summed E-state index contributed by atoms with van der Waals surface area (Å²) >= 11 is 1.68. The number of aryl methyl sites for hydroxylation is 1. The maximum atomic E-state index is 12.8. The van der Waals surface area contributed by atoms with E-state index in [1.807, 2.05) is 12.3 Å². The smallest absolute Gasteiger partial charge is 0.270 e. The number of rotatable bonds is 5. The Morgan fingerprint density at radius 1 is 1.29 bits per heavy atom. The first-order valence-corrected chi connectivity index (χ1v) is 11.5. The van der Waals surface area contributed by atoms with Gasteiger partial charge in [-0.05, 0) is 37.8 Å². The van der Waals surface area contributed by atoms with Crippen molar-refractivity contribution < 1.29 is 14.6 Å². The van der Waals surface area contributed by atoms with Gasteiger partial charge in [0.25, 0.3) is 5.91 Å². The fraction of sp³-hybridized carbons (Fsp3) is 0.375. The number of nitrogens with one attached hydrogen (secondary N) is 1. The predicted molar refractivity (Wildman–Crippen MR) is 120 cm³/mol. The van der Waals surface area contributed by atoms with Gasteiger partial charge in [-0.3, -0.25) is 4.79 Å². The highest BCUT2D eigenvalue weighted by molar-refractivity contribution is 7.14. The second-order valence-electron chi connectivity index (χ2n) is 8.27. The van der Waals surface area contributed by atoms with Gasteiger partial charge >= 0.3 is 0 Å². The zero-order chi connectivity index (χ0) is 21.4. The Kier molecular flexibility index (Phi) is 5.46. The zero-order valence-electron chi connectivity index (χ0n) is 17.4. The number of aromatic nitrogens is 2. The molecule has 2 aromatic heterocycles. The van der Waals surface area contributed by atoms with Crippen molar-refractivity contribution in [2.45, 2.75) is 51.2 Å². The molecule has 7 heteroatoms. The molecule has 0 bridgehead atoms. The van der Waals surface area contributed by atoms with Crippen LogP contribution in [-0.4, -0.2) is 39.7 Å². The Hall–Kier alpha value is -2.77. The number of carbonyl (C=O) groups is 1. The highest BCUT2D eigenvalue weighted by Crippen LogP contribution is 2.32. The lowest BCUT2D eigenvalue weighted by Gasteiger charge is -2.17. The number of aliphatic hydroxyl groups excluding tert-OH is 1. The van der Waals surface area contributed by atoms with E-state index in [2.05, 4.69) is 46.5 Å². The van der Waals surface area contributed by atoms with Gasteiger partial charge in [-0.1, -0.05) is 24.3 Å². The molecule has 2 atom stereocenters. The molecular formula is C24H25N3O3S. The van der Waals surface area contributed by atoms with Crippen LogP contribution in [0.15, 0.2) is 36.5 Å². The summed E-state index contributed by atoms with van der Waals surface area (Å²) in [6.45, 7) is 2.64. The third kappa shape index (κ3) is 4.20. The number of aliphatic hydroxyl groups is 1. The molecule has 31 heavy (non-hydrogen) atoms. The average Bonchev–Trinajstić information content (AvgIpc) is 3.50. The van der Waals surface area contributed by atoms with E-state index in [9.17, 15) is 9.90 Å². The highest BCUT2D eigenvalue weighted by Gasteiger charge is 2.28. The van der Waals surface area contributed by atoms with Crippen molar-refractivity contribution in [3.63, 3.8) is 0 Å². The summed E-state index contributed by atoms with van der Waals surface area (Å²) in [4.78, 5) is 23.0. The number of ether oxygens (including phenoxy) is 1. The van der Waals surface area contributed by atoms with E-state index in [0.717, 1.165) is 52.4 Å². The third-order valence-corrected chi connectivity index (χ3v) is 6.91. The van der Waals surface area contributed by atoms with Crippen LogP contribution in [0.3, 0.4) is 0 Å². The molecule has 1 aromatic carbocycles. The predicted octanol–water partition coefficient (Wildman–Crippen LogP) is 3.68. The molecule has 0 radical (unpaired) electrons. The molecule has 160 valence electrons. The van der Waals surface area contributed by atoms with Crippen LogP contribution in [0.4, 0.5) is 0 Å². The summed E-state index contributed by atoms with van der Waals surface area (Å²) in [7, 11) is 0. The van der Waals surface area contributed by atoms with E-state index in [4.69, 9.17) is 4.74 Å². The van der Waals surface area contributed by atoms with Crippen LogP contribution in [0.2, 0.25) is 0 Å². The van der Waals surface area contributed by atoms with E-state index in [-0.39, 0.29) is 11.9 Å². The van der Waals surface area contributed by atoms with Crippen molar-refractivity contribution >= 4 is 17.2 Å². The quantitative estimate of drug-likeness (QED) is 0.639. The molecule has 0 spiro atoms. The molecule has 1 amide bonds. The number of hydrogen-bond acceptors (Lipinski definition) is 6. The van der Waals surface area contributed by atoms with E-state index in [1.54, 1.807) is 11.3 Å². The summed E-state index contributed by atoms with van der Waals surface area (Å²) in [5, 5.41) is 14.0. The topological polar surface area (TPSA) is 84.3 Å². The lowest BCUT2D eigenvalue weighted by Crippen LogP contribution is -2.40. The minimum absolute atomic E-state index is 0.190. The number of thiazole rings is 1. The van der Waals surface area contributed by atoms with E-state index in [1.165, 1.54) is 4.88 Å². The summed E-state index contributed by atoms with van der Waals surface area (Å²) in [5.74, 6) is 0.577. The maximum Gasteiger partial charge on any atom is 0.270 e. The van der Waals surface area contributed by atoms with Crippen molar-refractivity contribution in [3.8, 4) is 16.3 Å². The van der Waals surface area contributed by atoms with Gasteiger partial charge in [0.1, 0.15) is 16.5 Å². The van der Waals surface area contributed by atoms with Gasteiger partial charge in [0.05, 0.1) is 24.4 Å². The number of hydrogen-bond donors (Lipinski definition) is 2. The van der Waals surface area contributed by atoms with Crippen LogP contribution in [0.5, 0.6) is 5.75 Å². The first kappa shape index (κ1) is 20.2. The minimum atomic E-state index is -0.471. The van der Waals surface area contributed by atoms with E-state index in [0.29, 0.717) is 25.1 Å². The number of amides is 1. The molecule has 2 N–H and O–H groups in total. The normalized spacial score (nSPS) is 19.8. The summed E-state index contributed by atoms with van der Waals surface area (Å²) in [6.07, 6.45) is 5.26. The standard InChI is InChI=1S/C24H25N3O3S/c1-14-13-25-24(31-14)16-7-5-15(6-8-16)11-17-12-20(26-19-9-10-30-22(17)19)23(29)27-18-3-2-4-21(18)28/h5-8,12-13,18,21,28H,2-4,9-11H2,1H3,(H,27,29)/t18-,21-/m0/s1. The number of fused-ring (bicyclic) bond motifs is 1. The third-order valence-electron chi connectivity index (χ3n) is 5.95. The number of nitrogens with zero attached hydrogens (tertiary/aromatic N) is 2. The molecule has 2 aliphatic rings. The zero-order valence-corrected chi connectivity index (χ0v) is 18.2. The van der Waals surface area contributed by atoms with Gasteiger partial charge in [-0.2, -0.15) is 0 Å². The van der Waals surface area contributed by atoms with Gasteiger partial charge in [-0.25, -0.2) is 9.97 Å². The molecule has 3 heterocycles. The van der Waals surface area contributed by atoms with Gasteiger partial charge in [0.15, 0.2) is 0 Å². The lowest BCUT2D eigenvalue weighted by atomic mass is 10.0. The Morgan fingerprint density at radius 2 is 2.13 bits per heavy atom. The fourth-order valence-electron chi connectivity index (χ4n) is 4.31. The molecule has 3 aromatic rings. The molecular weight excluding hydrogens is 410 g/mol. The van der Waals surface area contributed by atoms with Crippen molar-refractivity contribution in [1.29, 1.82) is 0 Å². The van der Waals surface area contributed by atoms with Crippen molar-refractivity contribution in [2.24, 2.45) is 0 Å².